The van der Waals surface area contributed by atoms with E-state index in [-0.39, 0.29) is 12.4 Å². The molecule has 3 rings (SSSR count). The van der Waals surface area contributed by atoms with E-state index >= 15 is 0 Å². The average Bonchev–Trinajstić information content (AvgIpc) is 3.11. The molecule has 0 bridgehead atoms. The van der Waals surface area contributed by atoms with E-state index < -0.39 is 15.3 Å². The van der Waals surface area contributed by atoms with Crippen LogP contribution in [0.4, 0.5) is 0 Å². The summed E-state index contributed by atoms with van der Waals surface area (Å²) in [6, 6.07) is 16.3. The van der Waals surface area contributed by atoms with Crippen LogP contribution in [-0.4, -0.2) is 49.9 Å². The largest absolute Gasteiger partial charge is 0.396 e. The maximum Gasteiger partial charge on any atom is 0.178 e. The summed E-state index contributed by atoms with van der Waals surface area (Å²) in [5.41, 5.74) is 2.77. The molecule has 1 N–H and O–H groups in total. The highest BCUT2D eigenvalue weighted by Crippen LogP contribution is 2.26. The Balaban J connectivity index is 1.65. The van der Waals surface area contributed by atoms with Gasteiger partial charge < -0.3 is 10.0 Å². The molecule has 4 nitrogen and oxygen atoms in total. The lowest BCUT2D eigenvalue weighted by molar-refractivity contribution is 0.179. The van der Waals surface area contributed by atoms with E-state index in [0.29, 0.717) is 10.9 Å². The van der Waals surface area contributed by atoms with E-state index in [9.17, 15) is 13.5 Å². The van der Waals surface area contributed by atoms with Crippen molar-refractivity contribution in [3.05, 3.63) is 54.1 Å². The molecule has 0 spiro atoms. The maximum atomic E-state index is 12.6. The third-order valence-corrected chi connectivity index (χ3v) is 8.04. The Hall–Kier alpha value is -1.69. The second kappa shape index (κ2) is 8.99. The summed E-state index contributed by atoms with van der Waals surface area (Å²) in [4.78, 5) is 2.87. The van der Waals surface area contributed by atoms with Crippen LogP contribution in [-0.2, 0) is 16.3 Å². The summed E-state index contributed by atoms with van der Waals surface area (Å²) in [7, 11) is -3.42. The SMILES string of the molecule is CC1CCCN1CCc1ccc(-c2ccc(S(=O)(=O)CC(C)(C)CO)cc2)cc1. The van der Waals surface area contributed by atoms with Crippen LogP contribution >= 0.6 is 0 Å². The number of aliphatic hydroxyl groups excluding tert-OH is 1. The lowest BCUT2D eigenvalue weighted by Gasteiger charge is -2.21. The van der Waals surface area contributed by atoms with Gasteiger partial charge in [-0.05, 0) is 61.6 Å². The molecule has 2 aromatic rings. The van der Waals surface area contributed by atoms with Crippen molar-refractivity contribution in [2.24, 2.45) is 5.41 Å². The second-order valence-electron chi connectivity index (χ2n) is 9.08. The van der Waals surface area contributed by atoms with E-state index in [1.807, 2.05) is 12.1 Å². The van der Waals surface area contributed by atoms with Crippen LogP contribution in [0.1, 0.15) is 39.2 Å². The fraction of sp³-hybridized carbons (Fsp3) is 0.500. The summed E-state index contributed by atoms with van der Waals surface area (Å²) < 4.78 is 25.2. The van der Waals surface area contributed by atoms with E-state index in [4.69, 9.17) is 0 Å². The lowest BCUT2D eigenvalue weighted by atomic mass is 9.98. The van der Waals surface area contributed by atoms with Gasteiger partial charge in [-0.2, -0.15) is 0 Å². The molecular formula is C24H33NO3S. The van der Waals surface area contributed by atoms with Crippen molar-refractivity contribution >= 4 is 9.84 Å². The molecule has 0 saturated carbocycles. The number of benzene rings is 2. The summed E-state index contributed by atoms with van der Waals surface area (Å²) >= 11 is 0. The molecule has 29 heavy (non-hydrogen) atoms. The van der Waals surface area contributed by atoms with Crippen LogP contribution < -0.4 is 0 Å². The van der Waals surface area contributed by atoms with Gasteiger partial charge in [0, 0.05) is 24.6 Å². The molecule has 2 aromatic carbocycles. The smallest absolute Gasteiger partial charge is 0.178 e. The van der Waals surface area contributed by atoms with Crippen LogP contribution in [0.25, 0.3) is 11.1 Å². The summed E-state index contributed by atoms with van der Waals surface area (Å²) in [5.74, 6) is -0.0693. The Labute approximate surface area is 175 Å². The van der Waals surface area contributed by atoms with E-state index in [2.05, 4.69) is 36.1 Å². The first-order valence-electron chi connectivity index (χ1n) is 10.5. The molecule has 1 heterocycles. The predicted octanol–water partition coefficient (Wildman–Crippen LogP) is 4.17. The monoisotopic (exact) mass is 415 g/mol. The van der Waals surface area contributed by atoms with Crippen LogP contribution in [0.2, 0.25) is 0 Å². The third kappa shape index (κ3) is 5.68. The minimum atomic E-state index is -3.42. The number of nitrogens with zero attached hydrogens (tertiary/aromatic N) is 1. The Morgan fingerprint density at radius 2 is 1.62 bits per heavy atom. The molecule has 1 saturated heterocycles. The van der Waals surface area contributed by atoms with Crippen LogP contribution in [0.15, 0.2) is 53.4 Å². The van der Waals surface area contributed by atoms with Crippen molar-refractivity contribution in [1.82, 2.24) is 4.90 Å². The minimum Gasteiger partial charge on any atom is -0.396 e. The number of hydrogen-bond donors (Lipinski definition) is 1. The molecule has 0 amide bonds. The Kier molecular flexibility index (Phi) is 6.82. The minimum absolute atomic E-state index is 0.0693. The van der Waals surface area contributed by atoms with Gasteiger partial charge in [-0.1, -0.05) is 50.2 Å². The molecule has 0 radical (unpaired) electrons. The number of hydrogen-bond acceptors (Lipinski definition) is 4. The molecule has 5 heteroatoms. The Morgan fingerprint density at radius 1 is 1.03 bits per heavy atom. The second-order valence-corrected chi connectivity index (χ2v) is 11.1. The van der Waals surface area contributed by atoms with Crippen LogP contribution in [0.5, 0.6) is 0 Å². The van der Waals surface area contributed by atoms with Crippen molar-refractivity contribution in [2.45, 2.75) is 51.0 Å². The van der Waals surface area contributed by atoms with Gasteiger partial charge in [0.05, 0.1) is 10.6 Å². The van der Waals surface area contributed by atoms with Gasteiger partial charge in [-0.3, -0.25) is 0 Å². The number of sulfone groups is 1. The van der Waals surface area contributed by atoms with Crippen molar-refractivity contribution < 1.29 is 13.5 Å². The van der Waals surface area contributed by atoms with Gasteiger partial charge in [0.15, 0.2) is 9.84 Å². The van der Waals surface area contributed by atoms with Gasteiger partial charge in [0.25, 0.3) is 0 Å². The number of rotatable bonds is 8. The van der Waals surface area contributed by atoms with E-state index in [1.165, 1.54) is 24.9 Å². The fourth-order valence-corrected chi connectivity index (χ4v) is 5.80. The summed E-state index contributed by atoms with van der Waals surface area (Å²) in [6.07, 6.45) is 3.67. The standard InChI is InChI=1S/C24H33NO3S/c1-19-5-4-15-25(19)16-14-20-6-8-21(9-7-20)22-10-12-23(13-11-22)29(27,28)18-24(2,3)17-26/h6-13,19,26H,4-5,14-18H2,1-3H3. The molecule has 0 aliphatic carbocycles. The zero-order chi connectivity index (χ0) is 21.1. The van der Waals surface area contributed by atoms with Crippen LogP contribution in [0.3, 0.4) is 0 Å². The zero-order valence-electron chi connectivity index (χ0n) is 17.8. The Morgan fingerprint density at radius 3 is 2.14 bits per heavy atom. The highest BCUT2D eigenvalue weighted by atomic mass is 32.2. The molecule has 1 aliphatic heterocycles. The van der Waals surface area contributed by atoms with Crippen molar-refractivity contribution in [1.29, 1.82) is 0 Å². The first kappa shape index (κ1) is 22.0. The Bertz CT molecular complexity index is 902. The first-order chi connectivity index (χ1) is 13.7. The van der Waals surface area contributed by atoms with Gasteiger partial charge >= 0.3 is 0 Å². The van der Waals surface area contributed by atoms with Gasteiger partial charge in [-0.15, -0.1) is 0 Å². The van der Waals surface area contributed by atoms with Crippen LogP contribution in [0, 0.1) is 5.41 Å². The highest BCUT2D eigenvalue weighted by molar-refractivity contribution is 7.91. The normalized spacial score (nSPS) is 18.3. The number of likely N-dealkylation sites (tertiary alicyclic amines) is 1. The van der Waals surface area contributed by atoms with Crippen molar-refractivity contribution in [3.8, 4) is 11.1 Å². The predicted molar refractivity (Wildman–Crippen MR) is 119 cm³/mol. The maximum absolute atomic E-state index is 12.6. The zero-order valence-corrected chi connectivity index (χ0v) is 18.6. The van der Waals surface area contributed by atoms with E-state index in [1.54, 1.807) is 26.0 Å². The van der Waals surface area contributed by atoms with Gasteiger partial charge in [0.2, 0.25) is 0 Å². The van der Waals surface area contributed by atoms with Gasteiger partial charge in [-0.25, -0.2) is 8.42 Å². The number of aliphatic hydroxyl groups is 1. The van der Waals surface area contributed by atoms with E-state index in [0.717, 1.165) is 24.1 Å². The molecular weight excluding hydrogens is 382 g/mol. The topological polar surface area (TPSA) is 57.6 Å². The molecule has 1 aliphatic rings. The summed E-state index contributed by atoms with van der Waals surface area (Å²) in [5, 5.41) is 9.37. The molecule has 158 valence electrons. The van der Waals surface area contributed by atoms with Crippen molar-refractivity contribution in [3.63, 3.8) is 0 Å². The molecule has 0 aromatic heterocycles. The van der Waals surface area contributed by atoms with Crippen molar-refractivity contribution in [2.75, 3.05) is 25.4 Å². The molecule has 1 fully saturated rings. The average molecular weight is 416 g/mol. The first-order valence-corrected chi connectivity index (χ1v) is 12.1. The summed E-state index contributed by atoms with van der Waals surface area (Å²) in [6.45, 7) is 7.98. The lowest BCUT2D eigenvalue weighted by Crippen LogP contribution is -2.28. The molecule has 1 unspecified atom stereocenters. The molecule has 1 atom stereocenters. The van der Waals surface area contributed by atoms with Gasteiger partial charge in [0.1, 0.15) is 0 Å². The quantitative estimate of drug-likeness (QED) is 0.703. The third-order valence-electron chi connectivity index (χ3n) is 5.89. The fourth-order valence-electron chi connectivity index (χ4n) is 3.96. The highest BCUT2D eigenvalue weighted by Gasteiger charge is 2.27.